The highest BCUT2D eigenvalue weighted by atomic mass is 35.5. The summed E-state index contributed by atoms with van der Waals surface area (Å²) < 4.78 is 19.3. The Bertz CT molecular complexity index is 1140. The van der Waals surface area contributed by atoms with Gasteiger partial charge in [0, 0.05) is 30.3 Å². The summed E-state index contributed by atoms with van der Waals surface area (Å²) in [7, 11) is 1.64. The largest absolute Gasteiger partial charge is 0.481 e. The first-order chi connectivity index (χ1) is 17.9. The van der Waals surface area contributed by atoms with Gasteiger partial charge < -0.3 is 20.5 Å². The highest BCUT2D eigenvalue weighted by Gasteiger charge is 2.25. The van der Waals surface area contributed by atoms with Crippen LogP contribution in [0.5, 0.6) is 0 Å². The number of aromatic amines is 1. The van der Waals surface area contributed by atoms with E-state index in [9.17, 15) is 19.1 Å². The van der Waals surface area contributed by atoms with Gasteiger partial charge in [-0.25, -0.2) is 4.39 Å². The molecule has 4 N–H and O–H groups in total. The summed E-state index contributed by atoms with van der Waals surface area (Å²) >= 11 is 6.02. The minimum Gasteiger partial charge on any atom is -0.481 e. The van der Waals surface area contributed by atoms with Gasteiger partial charge in [0.25, 0.3) is 5.91 Å². The Morgan fingerprint density at radius 3 is 2.65 bits per heavy atom. The van der Waals surface area contributed by atoms with Gasteiger partial charge in [-0.05, 0) is 68.1 Å². The van der Waals surface area contributed by atoms with E-state index in [0.29, 0.717) is 42.1 Å². The maximum Gasteiger partial charge on any atom is 0.306 e. The number of aliphatic carboxylic acids is 1. The molecule has 0 aliphatic rings. The molecule has 198 valence electrons. The fraction of sp³-hybridized carbons (Fsp3) is 0.385. The number of nitrogens with one attached hydrogen (secondary N) is 3. The summed E-state index contributed by atoms with van der Waals surface area (Å²) in [5, 5.41) is 26.1. The molecule has 0 saturated heterocycles. The third-order valence-corrected chi connectivity index (χ3v) is 6.20. The Kier molecular flexibility index (Phi) is 11.0. The maximum atomic E-state index is 14.3. The van der Waals surface area contributed by atoms with Crippen molar-refractivity contribution in [1.29, 1.82) is 0 Å². The number of carbonyl (C=O) groups excluding carboxylic acids is 1. The van der Waals surface area contributed by atoms with Crippen LogP contribution in [0.4, 0.5) is 4.39 Å². The van der Waals surface area contributed by atoms with Crippen LogP contribution in [0, 0.1) is 11.7 Å². The normalized spacial score (nSPS) is 12.7. The SMILES string of the molecule is COCCCNCC[C@H](C[C@@H](Cc1ccc(-c2cc(Cl)ccc2F)cc1)NC(=O)c1cnn[nH]1)C(=O)O. The highest BCUT2D eigenvalue weighted by Crippen LogP contribution is 2.27. The minimum absolute atomic E-state index is 0.184. The summed E-state index contributed by atoms with van der Waals surface area (Å²) in [4.78, 5) is 24.7. The number of carboxylic acids is 1. The molecule has 0 spiro atoms. The third-order valence-electron chi connectivity index (χ3n) is 5.96. The lowest BCUT2D eigenvalue weighted by molar-refractivity contribution is -0.142. The number of methoxy groups -OCH3 is 1. The highest BCUT2D eigenvalue weighted by molar-refractivity contribution is 6.30. The van der Waals surface area contributed by atoms with Gasteiger partial charge in [-0.2, -0.15) is 0 Å². The quantitative estimate of drug-likeness (QED) is 0.220. The third kappa shape index (κ3) is 8.92. The number of carbonyl (C=O) groups is 2. The van der Waals surface area contributed by atoms with Gasteiger partial charge in [0.15, 0.2) is 0 Å². The van der Waals surface area contributed by atoms with Crippen molar-refractivity contribution in [3.8, 4) is 11.1 Å². The second-order valence-electron chi connectivity index (χ2n) is 8.72. The number of nitrogens with zero attached hydrogens (tertiary/aromatic N) is 2. The van der Waals surface area contributed by atoms with Crippen molar-refractivity contribution in [2.24, 2.45) is 5.92 Å². The fourth-order valence-electron chi connectivity index (χ4n) is 4.02. The van der Waals surface area contributed by atoms with Gasteiger partial charge in [0.05, 0.1) is 12.1 Å². The smallest absolute Gasteiger partial charge is 0.306 e. The summed E-state index contributed by atoms with van der Waals surface area (Å²) in [6, 6.07) is 11.1. The van der Waals surface area contributed by atoms with Crippen LogP contribution in [-0.2, 0) is 16.0 Å². The Hall–Kier alpha value is -3.34. The number of halogens is 2. The number of amides is 1. The van der Waals surface area contributed by atoms with Crippen LogP contribution in [0.15, 0.2) is 48.7 Å². The first kappa shape index (κ1) is 28.2. The molecular weight excluding hydrogens is 501 g/mol. The maximum absolute atomic E-state index is 14.3. The molecule has 2 atom stereocenters. The zero-order valence-electron chi connectivity index (χ0n) is 20.5. The van der Waals surface area contributed by atoms with E-state index >= 15 is 0 Å². The van der Waals surface area contributed by atoms with Gasteiger partial charge in [-0.3, -0.25) is 14.7 Å². The molecule has 9 nitrogen and oxygen atoms in total. The zero-order valence-corrected chi connectivity index (χ0v) is 21.3. The number of carboxylic acid groups (broad SMARTS) is 1. The molecule has 0 unspecified atom stereocenters. The van der Waals surface area contributed by atoms with Crippen molar-refractivity contribution < 1.29 is 23.8 Å². The van der Waals surface area contributed by atoms with Gasteiger partial charge >= 0.3 is 5.97 Å². The molecule has 2 aromatic carbocycles. The predicted molar refractivity (Wildman–Crippen MR) is 138 cm³/mol. The first-order valence-electron chi connectivity index (χ1n) is 12.0. The molecule has 1 aromatic heterocycles. The Balaban J connectivity index is 1.70. The summed E-state index contributed by atoms with van der Waals surface area (Å²) in [5.74, 6) is -2.39. The van der Waals surface area contributed by atoms with Crippen LogP contribution in [0.3, 0.4) is 0 Å². The molecule has 0 radical (unpaired) electrons. The van der Waals surface area contributed by atoms with Crippen molar-refractivity contribution in [1.82, 2.24) is 26.0 Å². The Morgan fingerprint density at radius 2 is 1.97 bits per heavy atom. The zero-order chi connectivity index (χ0) is 26.6. The standard InChI is InChI=1S/C26H31ClFN5O4/c1-37-12-2-10-29-11-9-19(26(35)36)14-21(31-25(34)24-16-30-33-32-24)13-17-3-5-18(6-4-17)22-15-20(27)7-8-23(22)28/h3-8,15-16,19,21,29H,2,9-14H2,1H3,(H,31,34)(H,35,36)(H,30,32,33)/t19-,21-/m1/s1. The Labute approximate surface area is 219 Å². The lowest BCUT2D eigenvalue weighted by Crippen LogP contribution is -2.39. The van der Waals surface area contributed by atoms with Crippen LogP contribution in [0.1, 0.15) is 35.3 Å². The fourth-order valence-corrected chi connectivity index (χ4v) is 4.19. The second kappa shape index (κ2) is 14.4. The number of benzene rings is 2. The molecule has 11 heteroatoms. The van der Waals surface area contributed by atoms with Crippen molar-refractivity contribution in [2.75, 3.05) is 26.8 Å². The van der Waals surface area contributed by atoms with Crippen molar-refractivity contribution in [2.45, 2.75) is 31.7 Å². The van der Waals surface area contributed by atoms with Gasteiger partial charge in [-0.15, -0.1) is 5.10 Å². The van der Waals surface area contributed by atoms with Crippen LogP contribution >= 0.6 is 11.6 Å². The summed E-state index contributed by atoms with van der Waals surface area (Å²) in [6.45, 7) is 1.90. The van der Waals surface area contributed by atoms with Gasteiger partial charge in [-0.1, -0.05) is 41.1 Å². The van der Waals surface area contributed by atoms with Crippen molar-refractivity contribution >= 4 is 23.5 Å². The molecule has 0 aliphatic carbocycles. The van der Waals surface area contributed by atoms with Crippen LogP contribution < -0.4 is 10.6 Å². The predicted octanol–water partition coefficient (Wildman–Crippen LogP) is 3.71. The van der Waals surface area contributed by atoms with E-state index in [4.69, 9.17) is 16.3 Å². The minimum atomic E-state index is -0.923. The Morgan fingerprint density at radius 1 is 1.19 bits per heavy atom. The summed E-state index contributed by atoms with van der Waals surface area (Å²) in [6.07, 6.45) is 3.16. The first-order valence-corrected chi connectivity index (χ1v) is 12.4. The molecular formula is C26H31ClFN5O4. The monoisotopic (exact) mass is 531 g/mol. The molecule has 37 heavy (non-hydrogen) atoms. The van der Waals surface area contributed by atoms with E-state index in [2.05, 4.69) is 26.0 Å². The van der Waals surface area contributed by atoms with Crippen LogP contribution in [0.25, 0.3) is 11.1 Å². The van der Waals surface area contributed by atoms with E-state index in [-0.39, 0.29) is 17.9 Å². The second-order valence-corrected chi connectivity index (χ2v) is 9.16. The van der Waals surface area contributed by atoms with E-state index in [1.54, 1.807) is 25.3 Å². The molecule has 1 heterocycles. The molecule has 0 saturated carbocycles. The molecule has 0 bridgehead atoms. The average Bonchev–Trinajstić information content (AvgIpc) is 3.42. The molecule has 3 aromatic rings. The molecule has 0 fully saturated rings. The topological polar surface area (TPSA) is 129 Å². The lowest BCUT2D eigenvalue weighted by atomic mass is 9.92. The number of aromatic nitrogens is 3. The number of H-pyrrole nitrogens is 1. The number of rotatable bonds is 15. The van der Waals surface area contributed by atoms with Crippen molar-refractivity contribution in [3.05, 3.63) is 70.8 Å². The van der Waals surface area contributed by atoms with E-state index in [0.717, 1.165) is 18.5 Å². The average molecular weight is 532 g/mol. The van der Waals surface area contributed by atoms with Crippen LogP contribution in [-0.4, -0.2) is 65.2 Å². The van der Waals surface area contributed by atoms with E-state index in [1.165, 1.54) is 18.3 Å². The van der Waals surface area contributed by atoms with Crippen LogP contribution in [0.2, 0.25) is 5.02 Å². The van der Waals surface area contributed by atoms with E-state index < -0.39 is 23.8 Å². The lowest BCUT2D eigenvalue weighted by Gasteiger charge is -2.23. The number of ether oxygens (including phenoxy) is 1. The van der Waals surface area contributed by atoms with E-state index in [1.807, 2.05) is 12.1 Å². The summed E-state index contributed by atoms with van der Waals surface area (Å²) in [5.41, 5.74) is 2.10. The number of hydrogen-bond acceptors (Lipinski definition) is 6. The molecule has 3 rings (SSSR count). The molecule has 1 amide bonds. The van der Waals surface area contributed by atoms with Crippen molar-refractivity contribution in [3.63, 3.8) is 0 Å². The molecule has 0 aliphatic heterocycles. The van der Waals surface area contributed by atoms with Gasteiger partial charge in [0.1, 0.15) is 11.5 Å². The van der Waals surface area contributed by atoms with Gasteiger partial charge in [0.2, 0.25) is 0 Å². The number of hydrogen-bond donors (Lipinski definition) is 4.